The zero-order valence-electron chi connectivity index (χ0n) is 18.5. The van der Waals surface area contributed by atoms with E-state index in [1.807, 2.05) is 25.1 Å². The number of nitrogens with zero attached hydrogens (tertiary/aromatic N) is 1. The van der Waals surface area contributed by atoms with Gasteiger partial charge in [-0.15, -0.1) is 0 Å². The van der Waals surface area contributed by atoms with Gasteiger partial charge < -0.3 is 14.8 Å². The molecule has 0 aromatic heterocycles. The molecule has 0 saturated heterocycles. The van der Waals surface area contributed by atoms with Gasteiger partial charge in [0.1, 0.15) is 18.2 Å². The highest BCUT2D eigenvalue weighted by Crippen LogP contribution is 2.38. The number of methoxy groups -OCH3 is 1. The van der Waals surface area contributed by atoms with Crippen molar-refractivity contribution in [1.29, 1.82) is 5.26 Å². The number of rotatable bonds is 8. The van der Waals surface area contributed by atoms with Crippen LogP contribution in [0.25, 0.3) is 6.08 Å². The Labute approximate surface area is 213 Å². The fraction of sp³-hybridized carbons (Fsp3) is 0.154. The molecular formula is C26H21Cl3N2O3. The number of ether oxygens (including phenoxy) is 2. The van der Waals surface area contributed by atoms with E-state index in [0.29, 0.717) is 32.8 Å². The van der Waals surface area contributed by atoms with E-state index in [-0.39, 0.29) is 17.2 Å². The second kappa shape index (κ2) is 11.8. The number of nitriles is 1. The SMILES string of the molecule is CCc1ccc(NC(=O)/C(C#N)=C/c2cc(Cl)c(OCc3ccc(Cl)cc3Cl)c(OC)c2)cc1. The first-order valence-corrected chi connectivity index (χ1v) is 11.4. The summed E-state index contributed by atoms with van der Waals surface area (Å²) in [4.78, 5) is 12.6. The molecular weight excluding hydrogens is 495 g/mol. The standard InChI is InChI=1S/C26H21Cl3N2O3/c1-3-16-4-8-21(9-5-16)31-26(32)19(14-30)10-17-11-23(29)25(24(12-17)33-2)34-15-18-6-7-20(27)13-22(18)28/h4-13H,3,15H2,1-2H3,(H,31,32)/b19-10+. The third-order valence-corrected chi connectivity index (χ3v) is 5.80. The van der Waals surface area contributed by atoms with Crippen molar-refractivity contribution in [2.75, 3.05) is 12.4 Å². The molecule has 34 heavy (non-hydrogen) atoms. The lowest BCUT2D eigenvalue weighted by Crippen LogP contribution is -2.13. The number of aryl methyl sites for hydroxylation is 1. The molecule has 1 N–H and O–H groups in total. The van der Waals surface area contributed by atoms with Crippen LogP contribution < -0.4 is 14.8 Å². The number of halogens is 3. The molecule has 174 valence electrons. The third kappa shape index (κ3) is 6.45. The number of amides is 1. The molecule has 0 atom stereocenters. The minimum atomic E-state index is -0.528. The third-order valence-electron chi connectivity index (χ3n) is 4.94. The van der Waals surface area contributed by atoms with Gasteiger partial charge in [0.25, 0.3) is 5.91 Å². The Morgan fingerprint density at radius 3 is 2.41 bits per heavy atom. The summed E-state index contributed by atoms with van der Waals surface area (Å²) in [6, 6.07) is 17.7. The number of nitrogens with one attached hydrogen (secondary N) is 1. The largest absolute Gasteiger partial charge is 0.493 e. The van der Waals surface area contributed by atoms with Crippen molar-refractivity contribution < 1.29 is 14.3 Å². The van der Waals surface area contributed by atoms with E-state index >= 15 is 0 Å². The molecule has 1 amide bonds. The van der Waals surface area contributed by atoms with Crippen molar-refractivity contribution in [3.05, 3.63) is 91.9 Å². The number of hydrogen-bond acceptors (Lipinski definition) is 4. The highest BCUT2D eigenvalue weighted by Gasteiger charge is 2.15. The van der Waals surface area contributed by atoms with Gasteiger partial charge >= 0.3 is 0 Å². The Bertz CT molecular complexity index is 1270. The first-order valence-electron chi connectivity index (χ1n) is 10.3. The van der Waals surface area contributed by atoms with Crippen molar-refractivity contribution in [3.63, 3.8) is 0 Å². The fourth-order valence-electron chi connectivity index (χ4n) is 3.09. The summed E-state index contributed by atoms with van der Waals surface area (Å²) in [6.07, 6.45) is 2.33. The van der Waals surface area contributed by atoms with Crippen molar-refractivity contribution in [1.82, 2.24) is 0 Å². The van der Waals surface area contributed by atoms with Crippen LogP contribution in [0.15, 0.2) is 60.2 Å². The van der Waals surface area contributed by atoms with Crippen molar-refractivity contribution in [2.45, 2.75) is 20.0 Å². The average molecular weight is 516 g/mol. The highest BCUT2D eigenvalue weighted by atomic mass is 35.5. The zero-order chi connectivity index (χ0) is 24.7. The monoisotopic (exact) mass is 514 g/mol. The van der Waals surface area contributed by atoms with E-state index in [9.17, 15) is 10.1 Å². The molecule has 0 aliphatic carbocycles. The first-order chi connectivity index (χ1) is 16.3. The molecule has 0 aliphatic heterocycles. The number of anilines is 1. The van der Waals surface area contributed by atoms with Crippen molar-refractivity contribution in [2.24, 2.45) is 0 Å². The molecule has 0 radical (unpaired) electrons. The van der Waals surface area contributed by atoms with Crippen LogP contribution in [-0.2, 0) is 17.8 Å². The molecule has 0 fully saturated rings. The molecule has 3 rings (SSSR count). The maximum absolute atomic E-state index is 12.6. The Balaban J connectivity index is 1.80. The van der Waals surface area contributed by atoms with Gasteiger partial charge in [0.15, 0.2) is 11.5 Å². The van der Waals surface area contributed by atoms with Crippen LogP contribution in [0.1, 0.15) is 23.6 Å². The molecule has 0 bridgehead atoms. The molecule has 0 aliphatic rings. The van der Waals surface area contributed by atoms with Gasteiger partial charge in [0, 0.05) is 21.3 Å². The summed E-state index contributed by atoms with van der Waals surface area (Å²) in [7, 11) is 1.47. The number of carbonyl (C=O) groups excluding carboxylic acids is 1. The predicted octanol–water partition coefficient (Wildman–Crippen LogP) is 7.34. The Morgan fingerprint density at radius 1 is 1.06 bits per heavy atom. The smallest absolute Gasteiger partial charge is 0.266 e. The van der Waals surface area contributed by atoms with Crippen molar-refractivity contribution in [3.8, 4) is 17.6 Å². The fourth-order valence-corrected chi connectivity index (χ4v) is 3.83. The molecule has 3 aromatic carbocycles. The van der Waals surface area contributed by atoms with Crippen molar-refractivity contribution >= 4 is 52.5 Å². The summed E-state index contributed by atoms with van der Waals surface area (Å²) >= 11 is 18.6. The van der Waals surface area contributed by atoms with Gasteiger partial charge in [-0.1, -0.05) is 59.9 Å². The predicted molar refractivity (Wildman–Crippen MR) is 137 cm³/mol. The van der Waals surface area contributed by atoms with Crippen LogP contribution in [0.2, 0.25) is 15.1 Å². The van der Waals surface area contributed by atoms with Crippen LogP contribution in [0, 0.1) is 11.3 Å². The second-order valence-electron chi connectivity index (χ2n) is 7.23. The van der Waals surface area contributed by atoms with E-state index in [1.54, 1.807) is 42.5 Å². The highest BCUT2D eigenvalue weighted by molar-refractivity contribution is 6.35. The molecule has 0 unspecified atom stereocenters. The lowest BCUT2D eigenvalue weighted by atomic mass is 10.1. The Morgan fingerprint density at radius 2 is 1.79 bits per heavy atom. The summed E-state index contributed by atoms with van der Waals surface area (Å²) in [5, 5.41) is 13.5. The normalized spacial score (nSPS) is 11.0. The van der Waals surface area contributed by atoms with Gasteiger partial charge in [-0.05, 0) is 60.0 Å². The number of benzene rings is 3. The number of carbonyl (C=O) groups is 1. The molecule has 8 heteroatoms. The minimum absolute atomic E-state index is 0.0840. The number of hydrogen-bond donors (Lipinski definition) is 1. The first kappa shape index (κ1) is 25.5. The topological polar surface area (TPSA) is 71.4 Å². The van der Waals surface area contributed by atoms with Crippen LogP contribution in [0.5, 0.6) is 11.5 Å². The zero-order valence-corrected chi connectivity index (χ0v) is 20.8. The summed E-state index contributed by atoms with van der Waals surface area (Å²) in [6.45, 7) is 2.19. The van der Waals surface area contributed by atoms with Gasteiger partial charge in [-0.2, -0.15) is 5.26 Å². The van der Waals surface area contributed by atoms with Crippen LogP contribution >= 0.6 is 34.8 Å². The second-order valence-corrected chi connectivity index (χ2v) is 8.48. The Hall–Kier alpha value is -3.17. The molecule has 0 spiro atoms. The molecule has 0 heterocycles. The molecule has 3 aromatic rings. The maximum atomic E-state index is 12.6. The summed E-state index contributed by atoms with van der Waals surface area (Å²) < 4.78 is 11.3. The van der Waals surface area contributed by atoms with E-state index in [2.05, 4.69) is 5.32 Å². The van der Waals surface area contributed by atoms with E-state index in [0.717, 1.165) is 17.5 Å². The summed E-state index contributed by atoms with van der Waals surface area (Å²) in [5.41, 5.74) is 2.90. The molecule has 5 nitrogen and oxygen atoms in total. The van der Waals surface area contributed by atoms with Crippen LogP contribution in [0.4, 0.5) is 5.69 Å². The van der Waals surface area contributed by atoms with Gasteiger partial charge in [0.2, 0.25) is 0 Å². The lowest BCUT2D eigenvalue weighted by Gasteiger charge is -2.14. The molecule has 0 saturated carbocycles. The van der Waals surface area contributed by atoms with E-state index in [1.165, 1.54) is 13.2 Å². The van der Waals surface area contributed by atoms with Gasteiger partial charge in [-0.25, -0.2) is 0 Å². The quantitative estimate of drug-likeness (QED) is 0.252. The summed E-state index contributed by atoms with van der Waals surface area (Å²) in [5.74, 6) is 0.127. The van der Waals surface area contributed by atoms with Crippen LogP contribution in [-0.4, -0.2) is 13.0 Å². The van der Waals surface area contributed by atoms with Gasteiger partial charge in [-0.3, -0.25) is 4.79 Å². The van der Waals surface area contributed by atoms with Crippen LogP contribution in [0.3, 0.4) is 0 Å². The van der Waals surface area contributed by atoms with E-state index in [4.69, 9.17) is 44.3 Å². The van der Waals surface area contributed by atoms with Gasteiger partial charge in [0.05, 0.1) is 12.1 Å². The maximum Gasteiger partial charge on any atom is 0.266 e. The average Bonchev–Trinajstić information content (AvgIpc) is 2.82. The Kier molecular flexibility index (Phi) is 8.84. The minimum Gasteiger partial charge on any atom is -0.493 e. The van der Waals surface area contributed by atoms with E-state index < -0.39 is 5.91 Å². The lowest BCUT2D eigenvalue weighted by molar-refractivity contribution is -0.112.